The summed E-state index contributed by atoms with van der Waals surface area (Å²) in [6.07, 6.45) is 0.787. The monoisotopic (exact) mass is 250 g/mol. The molecule has 1 atom stereocenters. The Morgan fingerprint density at radius 1 is 1.16 bits per heavy atom. The molecule has 4 rings (SSSR count). The Hall–Kier alpha value is -2.29. The molecule has 0 saturated heterocycles. The van der Waals surface area contributed by atoms with Gasteiger partial charge >= 0.3 is 0 Å². The van der Waals surface area contributed by atoms with Gasteiger partial charge < -0.3 is 10.2 Å². The fourth-order valence-electron chi connectivity index (χ4n) is 3.17. The number of amides is 1. The third-order valence-electron chi connectivity index (χ3n) is 4.02. The lowest BCUT2D eigenvalue weighted by atomic mass is 10.0. The number of rotatable bonds is 0. The van der Waals surface area contributed by atoms with E-state index in [0.29, 0.717) is 0 Å². The lowest BCUT2D eigenvalue weighted by molar-refractivity contribution is -0.117. The van der Waals surface area contributed by atoms with Gasteiger partial charge in [-0.25, -0.2) is 0 Å². The van der Waals surface area contributed by atoms with Crippen LogP contribution in [-0.2, 0) is 11.2 Å². The lowest BCUT2D eigenvalue weighted by Gasteiger charge is -2.34. The summed E-state index contributed by atoms with van der Waals surface area (Å²) >= 11 is 0. The lowest BCUT2D eigenvalue weighted by Crippen LogP contribution is -2.43. The zero-order valence-corrected chi connectivity index (χ0v) is 10.7. The Bertz CT molecular complexity index is 693. The van der Waals surface area contributed by atoms with Crippen LogP contribution in [0.5, 0.6) is 0 Å². The largest absolute Gasteiger partial charge is 0.326 e. The molecule has 0 fully saturated rings. The van der Waals surface area contributed by atoms with Gasteiger partial charge in [0, 0.05) is 12.1 Å². The molecule has 19 heavy (non-hydrogen) atoms. The van der Waals surface area contributed by atoms with Gasteiger partial charge in [-0.15, -0.1) is 0 Å². The first kappa shape index (κ1) is 10.6. The van der Waals surface area contributed by atoms with Crippen molar-refractivity contribution in [3.05, 3.63) is 53.6 Å². The number of nitrogens with zero attached hydrogens (tertiary/aromatic N) is 1. The van der Waals surface area contributed by atoms with Crippen molar-refractivity contribution in [2.24, 2.45) is 0 Å². The quantitative estimate of drug-likeness (QED) is 0.779. The fourth-order valence-corrected chi connectivity index (χ4v) is 3.17. The van der Waals surface area contributed by atoms with Crippen LogP contribution in [0.1, 0.15) is 11.1 Å². The highest BCUT2D eigenvalue weighted by atomic mass is 16.2. The highest BCUT2D eigenvalue weighted by molar-refractivity contribution is 6.07. The Kier molecular flexibility index (Phi) is 2.01. The number of carbonyl (C=O) groups excluding carboxylic acids is 1. The summed E-state index contributed by atoms with van der Waals surface area (Å²) < 4.78 is 0. The molecule has 2 aliphatic rings. The maximum absolute atomic E-state index is 12.3. The number of hydrogen-bond donors (Lipinski definition) is 1. The number of fused-ring (bicyclic) bond motifs is 5. The van der Waals surface area contributed by atoms with E-state index in [1.165, 1.54) is 11.1 Å². The second kappa shape index (κ2) is 3.60. The third-order valence-corrected chi connectivity index (χ3v) is 4.02. The molecule has 0 radical (unpaired) electrons. The molecule has 0 aliphatic carbocycles. The number of nitrogens with one attached hydrogen (secondary N) is 1. The summed E-state index contributed by atoms with van der Waals surface area (Å²) in [7, 11) is 0. The Balaban J connectivity index is 1.99. The van der Waals surface area contributed by atoms with E-state index < -0.39 is 0 Å². The van der Waals surface area contributed by atoms with Gasteiger partial charge in [-0.1, -0.05) is 30.3 Å². The average molecular weight is 250 g/mol. The Morgan fingerprint density at radius 2 is 2.00 bits per heavy atom. The maximum atomic E-state index is 12.3. The smallest absolute Gasteiger partial charge is 0.247 e. The van der Waals surface area contributed by atoms with Gasteiger partial charge in [0.25, 0.3) is 0 Å². The highest BCUT2D eigenvalue weighted by Crippen LogP contribution is 2.45. The summed E-state index contributed by atoms with van der Waals surface area (Å²) in [5, 5.41) is 3.03. The molecule has 3 heteroatoms. The van der Waals surface area contributed by atoms with E-state index in [1.807, 2.05) is 24.3 Å². The predicted octanol–water partition coefficient (Wildman–Crippen LogP) is 3.01. The molecule has 0 saturated carbocycles. The zero-order chi connectivity index (χ0) is 13.0. The standard InChI is InChI=1S/C16H14N2O/c1-10-5-4-7-12-15(10)18-13-8-3-2-6-11(13)9-14(18)16(19)17-12/h2-8,14H,9H2,1H3,(H,17,19). The summed E-state index contributed by atoms with van der Waals surface area (Å²) in [4.78, 5) is 14.5. The number of anilines is 3. The second-order valence-electron chi connectivity index (χ2n) is 5.18. The Labute approximate surface area is 111 Å². The summed E-state index contributed by atoms with van der Waals surface area (Å²) in [6.45, 7) is 2.09. The van der Waals surface area contributed by atoms with Crippen LogP contribution in [0.2, 0.25) is 0 Å². The number of para-hydroxylation sites is 2. The van der Waals surface area contributed by atoms with Gasteiger partial charge in [0.2, 0.25) is 5.91 Å². The number of benzene rings is 2. The van der Waals surface area contributed by atoms with E-state index in [2.05, 4.69) is 35.3 Å². The van der Waals surface area contributed by atoms with Crippen molar-refractivity contribution in [2.45, 2.75) is 19.4 Å². The number of aryl methyl sites for hydroxylation is 1. The van der Waals surface area contributed by atoms with Crippen LogP contribution in [0.3, 0.4) is 0 Å². The summed E-state index contributed by atoms with van der Waals surface area (Å²) in [6, 6.07) is 14.2. The fraction of sp³-hybridized carbons (Fsp3) is 0.188. The first-order valence-corrected chi connectivity index (χ1v) is 6.53. The van der Waals surface area contributed by atoms with E-state index in [-0.39, 0.29) is 11.9 Å². The van der Waals surface area contributed by atoms with Crippen LogP contribution in [0.25, 0.3) is 0 Å². The summed E-state index contributed by atoms with van der Waals surface area (Å²) in [5.41, 5.74) is 5.66. The molecule has 0 bridgehead atoms. The van der Waals surface area contributed by atoms with Gasteiger partial charge in [-0.2, -0.15) is 0 Å². The normalized spacial score (nSPS) is 19.5. The van der Waals surface area contributed by atoms with E-state index in [1.54, 1.807) is 0 Å². The molecule has 2 aromatic rings. The molecule has 1 amide bonds. The summed E-state index contributed by atoms with van der Waals surface area (Å²) in [5.74, 6) is 0.0919. The third kappa shape index (κ3) is 1.35. The van der Waals surface area contributed by atoms with Crippen LogP contribution in [0, 0.1) is 6.92 Å². The first-order chi connectivity index (χ1) is 9.25. The van der Waals surface area contributed by atoms with Gasteiger partial charge in [0.1, 0.15) is 6.04 Å². The predicted molar refractivity (Wildman–Crippen MR) is 75.9 cm³/mol. The minimum absolute atomic E-state index is 0.0919. The van der Waals surface area contributed by atoms with Gasteiger partial charge in [-0.05, 0) is 30.2 Å². The van der Waals surface area contributed by atoms with Crippen molar-refractivity contribution < 1.29 is 4.79 Å². The van der Waals surface area contributed by atoms with Crippen LogP contribution >= 0.6 is 0 Å². The SMILES string of the molecule is Cc1cccc2c1N1c3ccccc3CC1C(=O)N2. The molecular weight excluding hydrogens is 236 g/mol. The molecular formula is C16H14N2O. The maximum Gasteiger partial charge on any atom is 0.247 e. The topological polar surface area (TPSA) is 32.3 Å². The van der Waals surface area contributed by atoms with E-state index in [4.69, 9.17) is 0 Å². The average Bonchev–Trinajstić information content (AvgIpc) is 2.79. The van der Waals surface area contributed by atoms with Crippen molar-refractivity contribution in [3.63, 3.8) is 0 Å². The van der Waals surface area contributed by atoms with Gasteiger partial charge in [-0.3, -0.25) is 4.79 Å². The minimum atomic E-state index is -0.106. The van der Waals surface area contributed by atoms with Crippen LogP contribution in [0.15, 0.2) is 42.5 Å². The first-order valence-electron chi connectivity index (χ1n) is 6.53. The number of carbonyl (C=O) groups is 1. The van der Waals surface area contributed by atoms with Crippen molar-refractivity contribution in [3.8, 4) is 0 Å². The second-order valence-corrected chi connectivity index (χ2v) is 5.18. The van der Waals surface area contributed by atoms with E-state index >= 15 is 0 Å². The highest BCUT2D eigenvalue weighted by Gasteiger charge is 2.40. The van der Waals surface area contributed by atoms with Crippen molar-refractivity contribution in [1.29, 1.82) is 0 Å². The molecule has 1 N–H and O–H groups in total. The molecule has 2 heterocycles. The van der Waals surface area contributed by atoms with Crippen molar-refractivity contribution in [1.82, 2.24) is 0 Å². The molecule has 3 nitrogen and oxygen atoms in total. The van der Waals surface area contributed by atoms with Gasteiger partial charge in [0.05, 0.1) is 11.4 Å². The molecule has 0 aromatic heterocycles. The van der Waals surface area contributed by atoms with Crippen LogP contribution < -0.4 is 10.2 Å². The molecule has 0 spiro atoms. The molecule has 94 valence electrons. The van der Waals surface area contributed by atoms with Crippen LogP contribution in [0.4, 0.5) is 17.1 Å². The Morgan fingerprint density at radius 3 is 2.89 bits per heavy atom. The van der Waals surface area contributed by atoms with E-state index in [9.17, 15) is 4.79 Å². The van der Waals surface area contributed by atoms with Crippen LogP contribution in [-0.4, -0.2) is 11.9 Å². The van der Waals surface area contributed by atoms with Gasteiger partial charge in [0.15, 0.2) is 0 Å². The van der Waals surface area contributed by atoms with E-state index in [0.717, 1.165) is 23.5 Å². The zero-order valence-electron chi connectivity index (χ0n) is 10.7. The van der Waals surface area contributed by atoms with Crippen molar-refractivity contribution in [2.75, 3.05) is 10.2 Å². The van der Waals surface area contributed by atoms with Crippen molar-refractivity contribution >= 4 is 23.0 Å². The molecule has 2 aliphatic heterocycles. The molecule has 1 unspecified atom stereocenters. The molecule has 2 aromatic carbocycles. The number of hydrogen-bond acceptors (Lipinski definition) is 2. The minimum Gasteiger partial charge on any atom is -0.326 e.